The molecule has 0 aliphatic rings. The van der Waals surface area contributed by atoms with Crippen LogP contribution in [0.1, 0.15) is 19.2 Å². The molecular weight excluding hydrogens is 228 g/mol. The molecule has 0 atom stereocenters. The zero-order valence-electron chi connectivity index (χ0n) is 7.91. The molecule has 0 aromatic carbocycles. The third kappa shape index (κ3) is 3.35. The molecule has 1 rings (SSSR count). The Morgan fingerprint density at radius 3 is 3.08 bits per heavy atom. The SMILES string of the molecule is CCn1ccnc1CC=CCCBr. The zero-order chi connectivity index (χ0) is 9.52. The van der Waals surface area contributed by atoms with Gasteiger partial charge in [-0.2, -0.15) is 0 Å². The van der Waals surface area contributed by atoms with Crippen molar-refractivity contribution < 1.29 is 0 Å². The van der Waals surface area contributed by atoms with Crippen molar-refractivity contribution in [2.75, 3.05) is 5.33 Å². The number of hydrogen-bond donors (Lipinski definition) is 0. The topological polar surface area (TPSA) is 17.8 Å². The van der Waals surface area contributed by atoms with E-state index in [0.717, 1.165) is 30.5 Å². The fraction of sp³-hybridized carbons (Fsp3) is 0.500. The molecule has 0 bridgehead atoms. The van der Waals surface area contributed by atoms with Crippen molar-refractivity contribution >= 4 is 15.9 Å². The summed E-state index contributed by atoms with van der Waals surface area (Å²) >= 11 is 3.38. The molecule has 1 aromatic rings. The predicted molar refractivity (Wildman–Crippen MR) is 59.2 cm³/mol. The number of nitrogens with zero attached hydrogens (tertiary/aromatic N) is 2. The smallest absolute Gasteiger partial charge is 0.112 e. The van der Waals surface area contributed by atoms with Gasteiger partial charge in [-0.05, 0) is 13.3 Å². The summed E-state index contributed by atoms with van der Waals surface area (Å²) in [6.45, 7) is 3.13. The van der Waals surface area contributed by atoms with Crippen LogP contribution in [0, 0.1) is 0 Å². The van der Waals surface area contributed by atoms with Crippen LogP contribution in [0.5, 0.6) is 0 Å². The highest BCUT2D eigenvalue weighted by Gasteiger charge is 1.96. The summed E-state index contributed by atoms with van der Waals surface area (Å²) in [6.07, 6.45) is 10.3. The van der Waals surface area contributed by atoms with Crippen molar-refractivity contribution in [2.45, 2.75) is 26.3 Å². The van der Waals surface area contributed by atoms with Crippen LogP contribution in [0.25, 0.3) is 0 Å². The molecule has 0 radical (unpaired) electrons. The number of halogens is 1. The van der Waals surface area contributed by atoms with E-state index in [1.54, 1.807) is 0 Å². The number of allylic oxidation sites excluding steroid dienone is 2. The summed E-state index contributed by atoms with van der Waals surface area (Å²) < 4.78 is 2.17. The van der Waals surface area contributed by atoms with E-state index in [9.17, 15) is 0 Å². The number of alkyl halides is 1. The molecule has 1 heterocycles. The Labute approximate surface area is 87.8 Å². The molecule has 1 aromatic heterocycles. The highest BCUT2D eigenvalue weighted by Crippen LogP contribution is 2.00. The number of aromatic nitrogens is 2. The second-order valence-corrected chi connectivity index (χ2v) is 3.58. The van der Waals surface area contributed by atoms with Gasteiger partial charge in [0.05, 0.1) is 0 Å². The van der Waals surface area contributed by atoms with Crippen molar-refractivity contribution in [1.82, 2.24) is 9.55 Å². The van der Waals surface area contributed by atoms with Crippen molar-refractivity contribution in [3.8, 4) is 0 Å². The molecule has 0 fully saturated rings. The fourth-order valence-electron chi connectivity index (χ4n) is 1.19. The number of hydrogen-bond acceptors (Lipinski definition) is 1. The van der Waals surface area contributed by atoms with E-state index >= 15 is 0 Å². The summed E-state index contributed by atoms with van der Waals surface area (Å²) in [5.74, 6) is 1.15. The molecule has 0 aliphatic heterocycles. The van der Waals surface area contributed by atoms with Gasteiger partial charge in [-0.25, -0.2) is 4.98 Å². The average Bonchev–Trinajstić information content (AvgIpc) is 2.60. The van der Waals surface area contributed by atoms with Crippen molar-refractivity contribution in [1.29, 1.82) is 0 Å². The molecule has 0 saturated carbocycles. The van der Waals surface area contributed by atoms with Crippen molar-refractivity contribution in [3.63, 3.8) is 0 Å². The summed E-state index contributed by atoms with van der Waals surface area (Å²) in [6, 6.07) is 0. The molecule has 72 valence electrons. The number of aryl methyl sites for hydroxylation is 1. The monoisotopic (exact) mass is 242 g/mol. The maximum absolute atomic E-state index is 4.28. The number of rotatable bonds is 5. The first kappa shape index (κ1) is 10.5. The van der Waals surface area contributed by atoms with Gasteiger partial charge in [-0.15, -0.1) is 0 Å². The minimum Gasteiger partial charge on any atom is -0.335 e. The van der Waals surface area contributed by atoms with E-state index in [-0.39, 0.29) is 0 Å². The Morgan fingerprint density at radius 1 is 1.54 bits per heavy atom. The Balaban J connectivity index is 2.44. The second-order valence-electron chi connectivity index (χ2n) is 2.78. The van der Waals surface area contributed by atoms with Crippen LogP contribution in [0.4, 0.5) is 0 Å². The minimum absolute atomic E-state index is 0.938. The van der Waals surface area contributed by atoms with E-state index < -0.39 is 0 Å². The lowest BCUT2D eigenvalue weighted by Crippen LogP contribution is -1.99. The fourth-order valence-corrected chi connectivity index (χ4v) is 1.45. The summed E-state index contributed by atoms with van der Waals surface area (Å²) in [4.78, 5) is 4.28. The molecule has 0 unspecified atom stereocenters. The largest absolute Gasteiger partial charge is 0.335 e. The van der Waals surface area contributed by atoms with Gasteiger partial charge in [0.25, 0.3) is 0 Å². The highest BCUT2D eigenvalue weighted by molar-refractivity contribution is 9.09. The van der Waals surface area contributed by atoms with Gasteiger partial charge < -0.3 is 4.57 Å². The predicted octanol–water partition coefficient (Wildman–Crippen LogP) is 2.79. The van der Waals surface area contributed by atoms with Crippen molar-refractivity contribution in [3.05, 3.63) is 30.4 Å². The van der Waals surface area contributed by atoms with E-state index in [4.69, 9.17) is 0 Å². The van der Waals surface area contributed by atoms with Gasteiger partial charge in [0.15, 0.2) is 0 Å². The summed E-state index contributed by atoms with van der Waals surface area (Å²) in [5.41, 5.74) is 0. The Bertz CT molecular complexity index is 266. The molecule has 0 aliphatic carbocycles. The van der Waals surface area contributed by atoms with E-state index in [0.29, 0.717) is 0 Å². The molecular formula is C10H15BrN2. The maximum atomic E-state index is 4.28. The standard InChI is InChI=1S/C10H15BrN2/c1-2-13-9-8-12-10(13)6-4-3-5-7-11/h3-4,8-9H,2,5-7H2,1H3. The average molecular weight is 243 g/mol. The lowest BCUT2D eigenvalue weighted by molar-refractivity contribution is 0.715. The van der Waals surface area contributed by atoms with E-state index in [1.165, 1.54) is 0 Å². The van der Waals surface area contributed by atoms with Crippen molar-refractivity contribution in [2.24, 2.45) is 0 Å². The van der Waals surface area contributed by atoms with E-state index in [1.807, 2.05) is 12.4 Å². The zero-order valence-corrected chi connectivity index (χ0v) is 9.50. The minimum atomic E-state index is 0.938. The van der Waals surface area contributed by atoms with Gasteiger partial charge in [-0.1, -0.05) is 28.1 Å². The quantitative estimate of drug-likeness (QED) is 0.574. The summed E-state index contributed by atoms with van der Waals surface area (Å²) in [7, 11) is 0. The molecule has 0 saturated heterocycles. The van der Waals surface area contributed by atoms with Crippen LogP contribution in [-0.4, -0.2) is 14.9 Å². The molecule has 0 N–H and O–H groups in total. The second kappa shape index (κ2) is 5.97. The van der Waals surface area contributed by atoms with Gasteiger partial charge in [-0.3, -0.25) is 0 Å². The van der Waals surface area contributed by atoms with Crippen LogP contribution in [0.15, 0.2) is 24.5 Å². The van der Waals surface area contributed by atoms with Crippen LogP contribution < -0.4 is 0 Å². The van der Waals surface area contributed by atoms with Crippen LogP contribution in [-0.2, 0) is 13.0 Å². The first-order chi connectivity index (χ1) is 6.38. The first-order valence-corrected chi connectivity index (χ1v) is 5.71. The van der Waals surface area contributed by atoms with E-state index in [2.05, 4.69) is 44.6 Å². The third-order valence-corrected chi connectivity index (χ3v) is 2.34. The Hall–Kier alpha value is -0.570. The lowest BCUT2D eigenvalue weighted by atomic mass is 10.3. The van der Waals surface area contributed by atoms with Gasteiger partial charge in [0.2, 0.25) is 0 Å². The van der Waals surface area contributed by atoms with Gasteiger partial charge >= 0.3 is 0 Å². The molecule has 0 amide bonds. The first-order valence-electron chi connectivity index (χ1n) is 4.59. The molecule has 3 heteroatoms. The van der Waals surface area contributed by atoms with Gasteiger partial charge in [0.1, 0.15) is 5.82 Å². The van der Waals surface area contributed by atoms with Crippen LogP contribution >= 0.6 is 15.9 Å². The van der Waals surface area contributed by atoms with Gasteiger partial charge in [0, 0.05) is 30.7 Å². The van der Waals surface area contributed by atoms with Crippen LogP contribution in [0.3, 0.4) is 0 Å². The van der Waals surface area contributed by atoms with Crippen LogP contribution in [0.2, 0.25) is 0 Å². The maximum Gasteiger partial charge on any atom is 0.112 e. The number of imidazole rings is 1. The normalized spacial score (nSPS) is 11.2. The Kier molecular flexibility index (Phi) is 4.83. The summed E-state index contributed by atoms with van der Waals surface area (Å²) in [5, 5.41) is 1.03. The Morgan fingerprint density at radius 2 is 2.38 bits per heavy atom. The lowest BCUT2D eigenvalue weighted by Gasteiger charge is -2.00. The molecule has 2 nitrogen and oxygen atoms in total. The molecule has 0 spiro atoms. The third-order valence-electron chi connectivity index (χ3n) is 1.89. The highest BCUT2D eigenvalue weighted by atomic mass is 79.9. The molecule has 13 heavy (non-hydrogen) atoms.